The molecule has 2 aromatic rings. The number of hydrogen-bond donors (Lipinski definition) is 2. The lowest BCUT2D eigenvalue weighted by Crippen LogP contribution is -2.55. The quantitative estimate of drug-likeness (QED) is 0.446. The summed E-state index contributed by atoms with van der Waals surface area (Å²) in [5, 5.41) is 5.41. The molecule has 0 aliphatic heterocycles. The summed E-state index contributed by atoms with van der Waals surface area (Å²) in [6.45, 7) is 8.70. The van der Waals surface area contributed by atoms with Crippen LogP contribution in [-0.2, 0) is 30.3 Å². The Labute approximate surface area is 230 Å². The standard InChI is InChI=1S/C30H39N3O6/c1-19-11-10-12-20(2)25(19)26(27(35)31-18-24(34)38-6)33(22-15-16-22)28(36)23(17-21-13-8-7-9-14-21)32-29(37)39-30(3,4)5/h7-14,22-23,26H,15-18H2,1-6H3,(H,31,35)(H,32,37). The highest BCUT2D eigenvalue weighted by Gasteiger charge is 2.45. The normalized spacial score (nSPS) is 14.5. The maximum Gasteiger partial charge on any atom is 0.408 e. The topological polar surface area (TPSA) is 114 Å². The van der Waals surface area contributed by atoms with E-state index in [0.717, 1.165) is 29.5 Å². The van der Waals surface area contributed by atoms with Crippen LogP contribution in [0.3, 0.4) is 0 Å². The number of methoxy groups -OCH3 is 1. The van der Waals surface area contributed by atoms with Crippen molar-refractivity contribution in [3.05, 3.63) is 70.8 Å². The molecule has 210 valence electrons. The Balaban J connectivity index is 2.04. The van der Waals surface area contributed by atoms with Gasteiger partial charge in [0.1, 0.15) is 24.2 Å². The van der Waals surface area contributed by atoms with Gasteiger partial charge in [-0.1, -0.05) is 48.5 Å². The fraction of sp³-hybridized carbons (Fsp3) is 0.467. The number of ether oxygens (including phenoxy) is 2. The Morgan fingerprint density at radius 1 is 0.974 bits per heavy atom. The number of alkyl carbamates (subject to hydrolysis) is 1. The van der Waals surface area contributed by atoms with Crippen molar-refractivity contribution in [3.63, 3.8) is 0 Å². The molecule has 0 spiro atoms. The molecule has 9 heteroatoms. The molecular formula is C30H39N3O6. The monoisotopic (exact) mass is 537 g/mol. The summed E-state index contributed by atoms with van der Waals surface area (Å²) in [4.78, 5) is 54.3. The molecule has 9 nitrogen and oxygen atoms in total. The lowest BCUT2D eigenvalue weighted by Gasteiger charge is -2.36. The minimum atomic E-state index is -1.01. The average molecular weight is 538 g/mol. The molecule has 2 unspecified atom stereocenters. The molecule has 0 aromatic heterocycles. The molecule has 0 saturated heterocycles. The van der Waals surface area contributed by atoms with Crippen LogP contribution in [0.15, 0.2) is 48.5 Å². The van der Waals surface area contributed by atoms with E-state index in [-0.39, 0.29) is 19.0 Å². The SMILES string of the molecule is COC(=O)CNC(=O)C(c1c(C)cccc1C)N(C(=O)C(Cc1ccccc1)NC(=O)OC(C)(C)C)C1CC1. The summed E-state index contributed by atoms with van der Waals surface area (Å²) in [7, 11) is 1.24. The van der Waals surface area contributed by atoms with Gasteiger partial charge >= 0.3 is 12.1 Å². The summed E-state index contributed by atoms with van der Waals surface area (Å²) in [6.07, 6.45) is 0.946. The molecule has 0 heterocycles. The largest absolute Gasteiger partial charge is 0.468 e. The van der Waals surface area contributed by atoms with Crippen molar-refractivity contribution in [2.45, 2.75) is 77.6 Å². The van der Waals surface area contributed by atoms with E-state index in [1.54, 1.807) is 25.7 Å². The van der Waals surface area contributed by atoms with Crippen LogP contribution < -0.4 is 10.6 Å². The lowest BCUT2D eigenvalue weighted by atomic mass is 9.93. The van der Waals surface area contributed by atoms with Gasteiger partial charge in [-0.05, 0) is 69.7 Å². The minimum absolute atomic E-state index is 0.191. The van der Waals surface area contributed by atoms with Crippen molar-refractivity contribution in [3.8, 4) is 0 Å². The van der Waals surface area contributed by atoms with Crippen LogP contribution in [0.4, 0.5) is 4.79 Å². The van der Waals surface area contributed by atoms with Crippen LogP contribution in [0.2, 0.25) is 0 Å². The van der Waals surface area contributed by atoms with Gasteiger partial charge in [0.05, 0.1) is 7.11 Å². The second kappa shape index (κ2) is 12.8. The number of aryl methyl sites for hydroxylation is 2. The van der Waals surface area contributed by atoms with Crippen molar-refractivity contribution in [1.29, 1.82) is 0 Å². The van der Waals surface area contributed by atoms with E-state index in [2.05, 4.69) is 10.6 Å². The van der Waals surface area contributed by atoms with Gasteiger partial charge in [-0.2, -0.15) is 0 Å². The zero-order chi connectivity index (χ0) is 28.7. The zero-order valence-corrected chi connectivity index (χ0v) is 23.6. The maximum atomic E-state index is 14.4. The summed E-state index contributed by atoms with van der Waals surface area (Å²) in [6, 6.07) is 12.9. The van der Waals surface area contributed by atoms with Crippen LogP contribution in [0.25, 0.3) is 0 Å². The van der Waals surface area contributed by atoms with Crippen LogP contribution in [-0.4, -0.2) is 60.1 Å². The smallest absolute Gasteiger partial charge is 0.408 e. The number of nitrogens with zero attached hydrogens (tertiary/aromatic N) is 1. The van der Waals surface area contributed by atoms with Gasteiger partial charge in [0.15, 0.2) is 0 Å². The van der Waals surface area contributed by atoms with Gasteiger partial charge in [-0.3, -0.25) is 14.4 Å². The summed E-state index contributed by atoms with van der Waals surface area (Å²) < 4.78 is 10.2. The fourth-order valence-corrected chi connectivity index (χ4v) is 4.53. The molecular weight excluding hydrogens is 498 g/mol. The van der Waals surface area contributed by atoms with Crippen LogP contribution >= 0.6 is 0 Å². The molecule has 0 radical (unpaired) electrons. The van der Waals surface area contributed by atoms with Crippen molar-refractivity contribution in [1.82, 2.24) is 15.5 Å². The van der Waals surface area contributed by atoms with Gasteiger partial charge in [0.25, 0.3) is 0 Å². The highest BCUT2D eigenvalue weighted by Crippen LogP contribution is 2.38. The summed E-state index contributed by atoms with van der Waals surface area (Å²) in [5.41, 5.74) is 2.46. The van der Waals surface area contributed by atoms with Crippen molar-refractivity contribution >= 4 is 23.9 Å². The number of amides is 3. The van der Waals surface area contributed by atoms with Crippen LogP contribution in [0, 0.1) is 13.8 Å². The second-order valence-corrected chi connectivity index (χ2v) is 10.9. The summed E-state index contributed by atoms with van der Waals surface area (Å²) >= 11 is 0. The van der Waals surface area contributed by atoms with E-state index in [9.17, 15) is 19.2 Å². The predicted octanol–water partition coefficient (Wildman–Crippen LogP) is 3.76. The lowest BCUT2D eigenvalue weighted by molar-refractivity contribution is -0.145. The van der Waals surface area contributed by atoms with E-state index in [4.69, 9.17) is 9.47 Å². The Kier molecular flexibility index (Phi) is 9.72. The number of hydrogen-bond acceptors (Lipinski definition) is 6. The number of nitrogens with one attached hydrogen (secondary N) is 2. The third-order valence-electron chi connectivity index (χ3n) is 6.44. The molecule has 2 atom stereocenters. The van der Waals surface area contributed by atoms with Gasteiger partial charge in [-0.25, -0.2) is 4.79 Å². The van der Waals surface area contributed by atoms with E-state index < -0.39 is 41.6 Å². The minimum Gasteiger partial charge on any atom is -0.468 e. The number of esters is 1. The maximum absolute atomic E-state index is 14.4. The van der Waals surface area contributed by atoms with E-state index >= 15 is 0 Å². The molecule has 0 bridgehead atoms. The molecule has 39 heavy (non-hydrogen) atoms. The highest BCUT2D eigenvalue weighted by atomic mass is 16.6. The Hall–Kier alpha value is -3.88. The molecule has 3 amide bonds. The Bertz CT molecular complexity index is 1170. The Morgan fingerprint density at radius 3 is 2.13 bits per heavy atom. The molecule has 1 aliphatic carbocycles. The van der Waals surface area contributed by atoms with E-state index in [0.29, 0.717) is 5.56 Å². The van der Waals surface area contributed by atoms with Crippen molar-refractivity contribution < 1.29 is 28.7 Å². The van der Waals surface area contributed by atoms with Crippen molar-refractivity contribution in [2.24, 2.45) is 0 Å². The number of carbonyl (C=O) groups is 4. The van der Waals surface area contributed by atoms with Gasteiger partial charge < -0.3 is 25.0 Å². The van der Waals surface area contributed by atoms with Crippen molar-refractivity contribution in [2.75, 3.05) is 13.7 Å². The van der Waals surface area contributed by atoms with Crippen LogP contribution in [0.1, 0.15) is 61.9 Å². The van der Waals surface area contributed by atoms with Crippen LogP contribution in [0.5, 0.6) is 0 Å². The highest BCUT2D eigenvalue weighted by molar-refractivity contribution is 5.94. The Morgan fingerprint density at radius 2 is 1.59 bits per heavy atom. The second-order valence-electron chi connectivity index (χ2n) is 10.9. The third-order valence-corrected chi connectivity index (χ3v) is 6.44. The van der Waals surface area contributed by atoms with Gasteiger partial charge in [-0.15, -0.1) is 0 Å². The molecule has 1 saturated carbocycles. The van der Waals surface area contributed by atoms with E-state index in [1.807, 2.05) is 62.4 Å². The molecule has 2 aromatic carbocycles. The first-order chi connectivity index (χ1) is 18.4. The number of carbonyl (C=O) groups excluding carboxylic acids is 4. The predicted molar refractivity (Wildman–Crippen MR) is 147 cm³/mol. The zero-order valence-electron chi connectivity index (χ0n) is 23.6. The number of rotatable bonds is 10. The molecule has 1 aliphatic rings. The number of benzene rings is 2. The summed E-state index contributed by atoms with van der Waals surface area (Å²) in [5.74, 6) is -1.48. The fourth-order valence-electron chi connectivity index (χ4n) is 4.53. The third kappa shape index (κ3) is 8.30. The van der Waals surface area contributed by atoms with Gasteiger partial charge in [0, 0.05) is 12.5 Å². The van der Waals surface area contributed by atoms with E-state index in [1.165, 1.54) is 7.11 Å². The first-order valence-corrected chi connectivity index (χ1v) is 13.2. The molecule has 2 N–H and O–H groups in total. The first kappa shape index (κ1) is 29.7. The first-order valence-electron chi connectivity index (χ1n) is 13.2. The molecule has 3 rings (SSSR count). The average Bonchev–Trinajstić information content (AvgIpc) is 3.70. The van der Waals surface area contributed by atoms with Gasteiger partial charge in [0.2, 0.25) is 11.8 Å². The molecule has 1 fully saturated rings.